The zero-order valence-corrected chi connectivity index (χ0v) is 14.8. The molecule has 0 aliphatic rings. The number of H-pyrrole nitrogens is 1. The Morgan fingerprint density at radius 2 is 2.23 bits per heavy atom. The Labute approximate surface area is 151 Å². The fourth-order valence-electron chi connectivity index (χ4n) is 2.46. The average molecular weight is 370 g/mol. The fourth-order valence-corrected chi connectivity index (χ4v) is 3.04. The number of aromatic amines is 1. The van der Waals surface area contributed by atoms with Gasteiger partial charge < -0.3 is 19.6 Å². The summed E-state index contributed by atoms with van der Waals surface area (Å²) < 4.78 is 10.1. The molecule has 2 N–H and O–H groups in total. The van der Waals surface area contributed by atoms with Gasteiger partial charge in [0.15, 0.2) is 11.5 Å². The summed E-state index contributed by atoms with van der Waals surface area (Å²) in [5.74, 6) is 1.65. The Balaban J connectivity index is 1.50. The van der Waals surface area contributed by atoms with Gasteiger partial charge in [-0.05, 0) is 25.1 Å². The first-order valence-corrected chi connectivity index (χ1v) is 8.67. The van der Waals surface area contributed by atoms with Crippen LogP contribution in [-0.2, 0) is 4.79 Å². The topological polar surface area (TPSA) is 119 Å². The van der Waals surface area contributed by atoms with Crippen molar-refractivity contribution in [2.75, 3.05) is 18.2 Å². The molecule has 10 heteroatoms. The van der Waals surface area contributed by atoms with Gasteiger partial charge in [0, 0.05) is 17.0 Å². The molecule has 0 unspecified atom stereocenters. The Hall–Kier alpha value is -3.14. The van der Waals surface area contributed by atoms with E-state index < -0.39 is 0 Å². The minimum Gasteiger partial charge on any atom is -0.497 e. The molecule has 26 heavy (non-hydrogen) atoms. The van der Waals surface area contributed by atoms with Crippen molar-refractivity contribution in [2.45, 2.75) is 12.1 Å². The highest BCUT2D eigenvalue weighted by Crippen LogP contribution is 2.27. The summed E-state index contributed by atoms with van der Waals surface area (Å²) in [4.78, 5) is 19.6. The van der Waals surface area contributed by atoms with Crippen LogP contribution in [0.2, 0.25) is 0 Å². The Morgan fingerprint density at radius 1 is 1.35 bits per heavy atom. The van der Waals surface area contributed by atoms with Crippen molar-refractivity contribution in [3.05, 3.63) is 30.0 Å². The summed E-state index contributed by atoms with van der Waals surface area (Å²) in [7, 11) is 1.61. The van der Waals surface area contributed by atoms with Crippen molar-refractivity contribution >= 4 is 45.6 Å². The van der Waals surface area contributed by atoms with E-state index in [1.54, 1.807) is 20.1 Å². The van der Waals surface area contributed by atoms with Crippen LogP contribution in [0, 0.1) is 6.92 Å². The van der Waals surface area contributed by atoms with E-state index in [0.717, 1.165) is 16.7 Å². The molecule has 0 bridgehead atoms. The van der Waals surface area contributed by atoms with Crippen molar-refractivity contribution in [1.82, 2.24) is 25.3 Å². The number of ether oxygens (including phenoxy) is 1. The summed E-state index contributed by atoms with van der Waals surface area (Å²) >= 11 is 1.19. The molecule has 3 aromatic heterocycles. The van der Waals surface area contributed by atoms with E-state index in [2.05, 4.69) is 30.6 Å². The molecule has 132 valence electrons. The lowest BCUT2D eigenvalue weighted by atomic mass is 10.2. The number of nitrogens with one attached hydrogen (secondary N) is 2. The number of fused-ring (bicyclic) bond motifs is 3. The predicted molar refractivity (Wildman–Crippen MR) is 96.3 cm³/mol. The van der Waals surface area contributed by atoms with Crippen LogP contribution in [0.25, 0.3) is 22.1 Å². The fraction of sp³-hybridized carbons (Fsp3) is 0.188. The van der Waals surface area contributed by atoms with Crippen LogP contribution in [0.5, 0.6) is 5.75 Å². The Bertz CT molecular complexity index is 1110. The van der Waals surface area contributed by atoms with Crippen LogP contribution >= 0.6 is 11.8 Å². The number of thioether (sulfide) groups is 1. The standard InChI is InChI=1S/C16H14N6O3S/c1-8-5-12(22-25-8)18-13(23)7-26-16-19-15-14(20-21-16)10-6-9(24-2)3-4-11(10)17-15/h3-6H,7H2,1-2H3,(H,17,19,21)(H,18,22,23). The van der Waals surface area contributed by atoms with Crippen molar-refractivity contribution in [3.8, 4) is 5.75 Å². The number of hydrogen-bond acceptors (Lipinski definition) is 8. The maximum absolute atomic E-state index is 12.0. The number of aromatic nitrogens is 5. The number of benzene rings is 1. The lowest BCUT2D eigenvalue weighted by molar-refractivity contribution is -0.113. The van der Waals surface area contributed by atoms with Gasteiger partial charge in [-0.25, -0.2) is 4.98 Å². The van der Waals surface area contributed by atoms with Crippen molar-refractivity contribution in [3.63, 3.8) is 0 Å². The molecule has 9 nitrogen and oxygen atoms in total. The normalized spacial score (nSPS) is 11.2. The number of hydrogen-bond donors (Lipinski definition) is 2. The quantitative estimate of drug-likeness (QED) is 0.515. The maximum atomic E-state index is 12.0. The summed E-state index contributed by atoms with van der Waals surface area (Å²) in [5, 5.41) is 16.0. The van der Waals surface area contributed by atoms with Crippen LogP contribution in [-0.4, -0.2) is 44.1 Å². The molecule has 0 atom stereocenters. The highest BCUT2D eigenvalue weighted by atomic mass is 32.2. The van der Waals surface area contributed by atoms with Gasteiger partial charge in [-0.1, -0.05) is 16.9 Å². The zero-order chi connectivity index (χ0) is 18.1. The number of anilines is 1. The molecule has 4 rings (SSSR count). The van der Waals surface area contributed by atoms with Crippen molar-refractivity contribution in [1.29, 1.82) is 0 Å². The molecule has 0 fully saturated rings. The molecule has 0 spiro atoms. The monoisotopic (exact) mass is 370 g/mol. The first-order valence-electron chi connectivity index (χ1n) is 7.68. The summed E-state index contributed by atoms with van der Waals surface area (Å²) in [6.45, 7) is 1.75. The number of rotatable bonds is 5. The van der Waals surface area contributed by atoms with E-state index in [1.165, 1.54) is 11.8 Å². The van der Waals surface area contributed by atoms with Crippen LogP contribution in [0.3, 0.4) is 0 Å². The van der Waals surface area contributed by atoms with E-state index in [9.17, 15) is 4.79 Å². The smallest absolute Gasteiger partial charge is 0.236 e. The molecule has 0 aliphatic heterocycles. The summed E-state index contributed by atoms with van der Waals surface area (Å²) in [5.41, 5.74) is 2.16. The molecule has 1 amide bonds. The Morgan fingerprint density at radius 3 is 3.00 bits per heavy atom. The van der Waals surface area contributed by atoms with Crippen LogP contribution in [0.1, 0.15) is 5.76 Å². The number of carbonyl (C=O) groups excluding carboxylic acids is 1. The van der Waals surface area contributed by atoms with Gasteiger partial charge in [0.2, 0.25) is 11.1 Å². The largest absolute Gasteiger partial charge is 0.497 e. The predicted octanol–water partition coefficient (Wildman–Crippen LogP) is 2.54. The first kappa shape index (κ1) is 16.3. The summed E-state index contributed by atoms with van der Waals surface area (Å²) in [6.07, 6.45) is 0. The molecular weight excluding hydrogens is 356 g/mol. The number of carbonyl (C=O) groups is 1. The van der Waals surface area contributed by atoms with Crippen LogP contribution in [0.15, 0.2) is 33.9 Å². The third-order valence-corrected chi connectivity index (χ3v) is 4.47. The van der Waals surface area contributed by atoms with E-state index >= 15 is 0 Å². The van der Waals surface area contributed by atoms with E-state index in [4.69, 9.17) is 9.26 Å². The van der Waals surface area contributed by atoms with E-state index in [-0.39, 0.29) is 11.7 Å². The number of amides is 1. The second kappa shape index (κ2) is 6.64. The minimum atomic E-state index is -0.228. The molecular formula is C16H14N6O3S. The molecule has 1 aromatic carbocycles. The minimum absolute atomic E-state index is 0.132. The summed E-state index contributed by atoms with van der Waals surface area (Å²) in [6, 6.07) is 7.28. The molecule has 4 aromatic rings. The van der Waals surface area contributed by atoms with E-state index in [1.807, 2.05) is 18.2 Å². The molecule has 0 radical (unpaired) electrons. The van der Waals surface area contributed by atoms with Gasteiger partial charge in [-0.3, -0.25) is 4.79 Å². The lowest BCUT2D eigenvalue weighted by Gasteiger charge is -2.00. The third kappa shape index (κ3) is 3.18. The van der Waals surface area contributed by atoms with Gasteiger partial charge in [-0.2, -0.15) is 0 Å². The first-order chi connectivity index (χ1) is 12.6. The van der Waals surface area contributed by atoms with Crippen molar-refractivity contribution < 1.29 is 14.1 Å². The van der Waals surface area contributed by atoms with Gasteiger partial charge in [-0.15, -0.1) is 10.2 Å². The second-order valence-corrected chi connectivity index (χ2v) is 6.43. The molecule has 0 saturated carbocycles. The van der Waals surface area contributed by atoms with Crippen molar-refractivity contribution in [2.24, 2.45) is 0 Å². The Kier molecular flexibility index (Phi) is 4.17. The number of nitrogens with zero attached hydrogens (tertiary/aromatic N) is 4. The maximum Gasteiger partial charge on any atom is 0.236 e. The van der Waals surface area contributed by atoms with E-state index in [0.29, 0.717) is 27.9 Å². The van der Waals surface area contributed by atoms with Crippen LogP contribution < -0.4 is 10.1 Å². The average Bonchev–Trinajstić information content (AvgIpc) is 3.21. The van der Waals surface area contributed by atoms with Gasteiger partial charge in [0.05, 0.1) is 12.9 Å². The molecule has 0 aliphatic carbocycles. The number of aryl methyl sites for hydroxylation is 1. The number of methoxy groups -OCH3 is 1. The van der Waals surface area contributed by atoms with Gasteiger partial charge in [0.25, 0.3) is 0 Å². The lowest BCUT2D eigenvalue weighted by Crippen LogP contribution is -2.14. The molecule has 3 heterocycles. The van der Waals surface area contributed by atoms with Gasteiger partial charge in [0.1, 0.15) is 17.0 Å². The molecule has 0 saturated heterocycles. The highest BCUT2D eigenvalue weighted by Gasteiger charge is 2.12. The van der Waals surface area contributed by atoms with Gasteiger partial charge >= 0.3 is 0 Å². The SMILES string of the molecule is COc1ccc2[nH]c3nc(SCC(=O)Nc4cc(C)on4)nnc3c2c1. The third-order valence-electron chi connectivity index (χ3n) is 3.63. The van der Waals surface area contributed by atoms with Crippen LogP contribution in [0.4, 0.5) is 5.82 Å². The highest BCUT2D eigenvalue weighted by molar-refractivity contribution is 7.99. The second-order valence-electron chi connectivity index (χ2n) is 5.49. The zero-order valence-electron chi connectivity index (χ0n) is 13.9.